The lowest BCUT2D eigenvalue weighted by Gasteiger charge is -2.28. The van der Waals surface area contributed by atoms with Crippen LogP contribution in [0.4, 0.5) is 0 Å². The van der Waals surface area contributed by atoms with Crippen molar-refractivity contribution in [1.29, 1.82) is 0 Å². The molecule has 0 unspecified atom stereocenters. The van der Waals surface area contributed by atoms with Crippen molar-refractivity contribution in [2.75, 3.05) is 20.8 Å². The van der Waals surface area contributed by atoms with Crippen molar-refractivity contribution >= 4 is 0 Å². The Bertz CT molecular complexity index is 785. The highest BCUT2D eigenvalue weighted by Crippen LogP contribution is 2.56. The number of phenolic OH excluding ortho intramolecular Hbond substituents is 2. The van der Waals surface area contributed by atoms with Crippen molar-refractivity contribution in [3.63, 3.8) is 0 Å². The number of methoxy groups -OCH3 is 2. The summed E-state index contributed by atoms with van der Waals surface area (Å²) < 4.78 is 22.1. The van der Waals surface area contributed by atoms with Gasteiger partial charge in [-0.3, -0.25) is 0 Å². The van der Waals surface area contributed by atoms with E-state index in [9.17, 15) is 10.2 Å². The molecule has 23 heavy (non-hydrogen) atoms. The summed E-state index contributed by atoms with van der Waals surface area (Å²) >= 11 is 0. The molecule has 2 aliphatic heterocycles. The predicted octanol–water partition coefficient (Wildman–Crippen LogP) is 2.72. The fourth-order valence-electron chi connectivity index (χ4n) is 3.23. The van der Waals surface area contributed by atoms with Gasteiger partial charge in [-0.2, -0.15) is 0 Å². The van der Waals surface area contributed by atoms with E-state index >= 15 is 0 Å². The molecule has 2 aliphatic rings. The van der Waals surface area contributed by atoms with E-state index in [-0.39, 0.29) is 23.5 Å². The summed E-state index contributed by atoms with van der Waals surface area (Å²) in [5, 5.41) is 20.2. The topological polar surface area (TPSA) is 77.4 Å². The van der Waals surface area contributed by atoms with E-state index in [2.05, 4.69) is 0 Å². The molecule has 2 N–H and O–H groups in total. The molecular formula is C17H16O6. The zero-order valence-electron chi connectivity index (χ0n) is 12.7. The molecule has 0 radical (unpaired) electrons. The molecule has 120 valence electrons. The Balaban J connectivity index is 1.81. The standard InChI is InChI=1S/C17H16O6/c1-20-12-4-3-8-10-7-22-13-6-11(18)14(21-2)5-9(13)16(10)23-17(8)15(12)19/h3-6,10,16,18-19H,7H2,1-2H3/t10-,16-/m1/s1. The van der Waals surface area contributed by atoms with Gasteiger partial charge < -0.3 is 29.2 Å². The molecule has 0 bridgehead atoms. The van der Waals surface area contributed by atoms with Gasteiger partial charge in [0.15, 0.2) is 23.0 Å². The van der Waals surface area contributed by atoms with Crippen LogP contribution in [-0.4, -0.2) is 31.0 Å². The fourth-order valence-corrected chi connectivity index (χ4v) is 3.23. The molecule has 0 saturated heterocycles. The van der Waals surface area contributed by atoms with Crippen LogP contribution in [0.2, 0.25) is 0 Å². The van der Waals surface area contributed by atoms with E-state index in [4.69, 9.17) is 18.9 Å². The first-order valence-electron chi connectivity index (χ1n) is 7.24. The maximum absolute atomic E-state index is 10.3. The number of ether oxygens (including phenoxy) is 4. The Morgan fingerprint density at radius 2 is 1.83 bits per heavy atom. The van der Waals surface area contributed by atoms with Crippen molar-refractivity contribution in [2.24, 2.45) is 0 Å². The largest absolute Gasteiger partial charge is 0.504 e. The molecule has 0 spiro atoms. The normalized spacial score (nSPS) is 20.6. The lowest BCUT2D eigenvalue weighted by molar-refractivity contribution is 0.136. The summed E-state index contributed by atoms with van der Waals surface area (Å²) in [6.07, 6.45) is -0.304. The highest BCUT2D eigenvalue weighted by Gasteiger charge is 2.43. The molecule has 2 aromatic rings. The predicted molar refractivity (Wildman–Crippen MR) is 80.9 cm³/mol. The smallest absolute Gasteiger partial charge is 0.201 e. The lowest BCUT2D eigenvalue weighted by Crippen LogP contribution is -2.23. The van der Waals surface area contributed by atoms with Gasteiger partial charge in [0.1, 0.15) is 11.9 Å². The van der Waals surface area contributed by atoms with Crippen LogP contribution in [0.1, 0.15) is 23.1 Å². The second kappa shape index (κ2) is 4.87. The summed E-state index contributed by atoms with van der Waals surface area (Å²) in [6.45, 7) is 0.405. The summed E-state index contributed by atoms with van der Waals surface area (Å²) in [5.41, 5.74) is 1.66. The number of rotatable bonds is 2. The molecule has 6 nitrogen and oxygen atoms in total. The third-order valence-corrected chi connectivity index (χ3v) is 4.39. The molecule has 0 aromatic heterocycles. The average molecular weight is 316 g/mol. The third kappa shape index (κ3) is 1.87. The SMILES string of the molecule is COc1cc2c(cc1O)OC[C@@H]1c3ccc(OC)c(O)c3O[C@H]21. The average Bonchev–Trinajstić information content (AvgIpc) is 2.94. The van der Waals surface area contributed by atoms with Gasteiger partial charge in [0.25, 0.3) is 0 Å². The minimum atomic E-state index is -0.304. The monoisotopic (exact) mass is 316 g/mol. The van der Waals surface area contributed by atoms with Gasteiger partial charge >= 0.3 is 0 Å². The Morgan fingerprint density at radius 3 is 2.57 bits per heavy atom. The first kappa shape index (κ1) is 13.9. The molecule has 2 heterocycles. The van der Waals surface area contributed by atoms with Crippen LogP contribution in [0.5, 0.6) is 34.5 Å². The maximum atomic E-state index is 10.3. The maximum Gasteiger partial charge on any atom is 0.201 e. The van der Waals surface area contributed by atoms with Gasteiger partial charge in [0, 0.05) is 17.2 Å². The lowest BCUT2D eigenvalue weighted by atomic mass is 9.89. The van der Waals surface area contributed by atoms with Crippen LogP contribution in [0, 0.1) is 0 Å². The Kier molecular flexibility index (Phi) is 2.94. The van der Waals surface area contributed by atoms with Crippen LogP contribution in [-0.2, 0) is 0 Å². The van der Waals surface area contributed by atoms with E-state index in [1.165, 1.54) is 20.3 Å². The first-order chi connectivity index (χ1) is 11.1. The van der Waals surface area contributed by atoms with Crippen molar-refractivity contribution in [3.8, 4) is 34.5 Å². The number of benzene rings is 2. The van der Waals surface area contributed by atoms with E-state index in [1.807, 2.05) is 6.07 Å². The number of aromatic hydroxyl groups is 2. The van der Waals surface area contributed by atoms with Crippen molar-refractivity contribution in [3.05, 3.63) is 35.4 Å². The number of hydrogen-bond donors (Lipinski definition) is 2. The number of phenols is 2. The molecule has 0 amide bonds. The Labute approximate surface area is 132 Å². The van der Waals surface area contributed by atoms with Crippen molar-refractivity contribution < 1.29 is 29.2 Å². The summed E-state index contributed by atoms with van der Waals surface area (Å²) in [6, 6.07) is 6.83. The van der Waals surface area contributed by atoms with Crippen LogP contribution >= 0.6 is 0 Å². The summed E-state index contributed by atoms with van der Waals surface area (Å²) in [4.78, 5) is 0. The first-order valence-corrected chi connectivity index (χ1v) is 7.24. The molecule has 2 atom stereocenters. The zero-order chi connectivity index (χ0) is 16.1. The highest BCUT2D eigenvalue weighted by molar-refractivity contribution is 5.61. The minimum absolute atomic E-state index is 0.00769. The molecule has 2 aromatic carbocycles. The van der Waals surface area contributed by atoms with E-state index < -0.39 is 0 Å². The second-order valence-electron chi connectivity index (χ2n) is 5.55. The minimum Gasteiger partial charge on any atom is -0.504 e. The van der Waals surface area contributed by atoms with Crippen LogP contribution in [0.25, 0.3) is 0 Å². The molecule has 0 aliphatic carbocycles. The van der Waals surface area contributed by atoms with Crippen LogP contribution < -0.4 is 18.9 Å². The molecule has 0 saturated carbocycles. The van der Waals surface area contributed by atoms with Crippen molar-refractivity contribution in [1.82, 2.24) is 0 Å². The quantitative estimate of drug-likeness (QED) is 0.887. The number of fused-ring (bicyclic) bond motifs is 5. The molecule has 0 fully saturated rings. The van der Waals surface area contributed by atoms with Gasteiger partial charge in [0.2, 0.25) is 5.75 Å². The van der Waals surface area contributed by atoms with Gasteiger partial charge in [-0.25, -0.2) is 0 Å². The Hall–Kier alpha value is -2.76. The highest BCUT2D eigenvalue weighted by atomic mass is 16.5. The van der Waals surface area contributed by atoms with Crippen LogP contribution in [0.15, 0.2) is 24.3 Å². The molecular weight excluding hydrogens is 300 g/mol. The number of hydrogen-bond acceptors (Lipinski definition) is 6. The van der Waals surface area contributed by atoms with Gasteiger partial charge in [-0.15, -0.1) is 0 Å². The van der Waals surface area contributed by atoms with Gasteiger partial charge in [-0.05, 0) is 12.1 Å². The molecule has 6 heteroatoms. The Morgan fingerprint density at radius 1 is 1.04 bits per heavy atom. The van der Waals surface area contributed by atoms with Gasteiger partial charge in [0.05, 0.1) is 26.7 Å². The van der Waals surface area contributed by atoms with E-state index in [0.29, 0.717) is 29.6 Å². The summed E-state index contributed by atoms with van der Waals surface area (Å²) in [5.74, 6) is 1.67. The zero-order valence-corrected chi connectivity index (χ0v) is 12.7. The molecule has 4 rings (SSSR count). The summed E-state index contributed by atoms with van der Waals surface area (Å²) in [7, 11) is 2.99. The van der Waals surface area contributed by atoms with E-state index in [1.54, 1.807) is 12.1 Å². The second-order valence-corrected chi connectivity index (χ2v) is 5.55. The third-order valence-electron chi connectivity index (χ3n) is 4.39. The van der Waals surface area contributed by atoms with E-state index in [0.717, 1.165) is 11.1 Å². The fraction of sp³-hybridized carbons (Fsp3) is 0.294. The van der Waals surface area contributed by atoms with Crippen molar-refractivity contribution in [2.45, 2.75) is 12.0 Å². The van der Waals surface area contributed by atoms with Gasteiger partial charge in [-0.1, -0.05) is 6.07 Å². The van der Waals surface area contributed by atoms with Crippen LogP contribution in [0.3, 0.4) is 0 Å².